The van der Waals surface area contributed by atoms with Crippen LogP contribution in [0.1, 0.15) is 6.92 Å². The van der Waals surface area contributed by atoms with Crippen molar-refractivity contribution in [3.8, 4) is 23.0 Å². The fourth-order valence-electron chi connectivity index (χ4n) is 2.50. The van der Waals surface area contributed by atoms with Crippen molar-refractivity contribution < 1.29 is 23.7 Å². The van der Waals surface area contributed by atoms with Crippen LogP contribution >= 0.6 is 11.3 Å². The van der Waals surface area contributed by atoms with Crippen LogP contribution in [0.3, 0.4) is 0 Å². The van der Waals surface area contributed by atoms with Crippen LogP contribution in [0.25, 0.3) is 10.2 Å². The zero-order valence-corrected chi connectivity index (χ0v) is 15.0. The molecule has 26 heavy (non-hydrogen) atoms. The first-order valence-electron chi connectivity index (χ1n) is 7.94. The first-order chi connectivity index (χ1) is 12.6. The van der Waals surface area contributed by atoms with Crippen molar-refractivity contribution in [2.45, 2.75) is 13.0 Å². The maximum Gasteiger partial charge on any atom is 0.266 e. The summed E-state index contributed by atoms with van der Waals surface area (Å²) in [5.74, 6) is 2.27. The highest BCUT2D eigenvalue weighted by Crippen LogP contribution is 2.35. The summed E-state index contributed by atoms with van der Waals surface area (Å²) in [6, 6.07) is 10.8. The number of carbonyl (C=O) groups is 1. The Morgan fingerprint density at radius 3 is 2.85 bits per heavy atom. The molecule has 1 N–H and O–H groups in total. The van der Waals surface area contributed by atoms with Gasteiger partial charge in [0.2, 0.25) is 6.79 Å². The molecule has 0 radical (unpaired) electrons. The van der Waals surface area contributed by atoms with Gasteiger partial charge >= 0.3 is 0 Å². The highest BCUT2D eigenvalue weighted by Gasteiger charge is 2.19. The zero-order valence-electron chi connectivity index (χ0n) is 14.1. The van der Waals surface area contributed by atoms with Crippen molar-refractivity contribution >= 4 is 32.6 Å². The minimum absolute atomic E-state index is 0.192. The van der Waals surface area contributed by atoms with E-state index < -0.39 is 6.10 Å². The third-order valence-corrected chi connectivity index (χ3v) is 4.79. The quantitative estimate of drug-likeness (QED) is 0.739. The third kappa shape index (κ3) is 3.23. The number of ether oxygens (including phenoxy) is 4. The molecule has 8 heteroatoms. The number of carbonyl (C=O) groups excluding carboxylic acids is 1. The minimum Gasteiger partial charge on any atom is -0.497 e. The van der Waals surface area contributed by atoms with E-state index in [2.05, 4.69) is 10.3 Å². The minimum atomic E-state index is -0.697. The molecule has 1 amide bonds. The number of fused-ring (bicyclic) bond motifs is 2. The Balaban J connectivity index is 1.44. The van der Waals surface area contributed by atoms with Crippen LogP contribution in [0.4, 0.5) is 5.13 Å². The molecule has 1 aliphatic heterocycles. The molecule has 7 nitrogen and oxygen atoms in total. The summed E-state index contributed by atoms with van der Waals surface area (Å²) in [7, 11) is 1.61. The monoisotopic (exact) mass is 372 g/mol. The second-order valence-electron chi connectivity index (χ2n) is 5.62. The number of rotatable bonds is 5. The van der Waals surface area contributed by atoms with Gasteiger partial charge in [-0.1, -0.05) is 11.3 Å². The van der Waals surface area contributed by atoms with E-state index in [1.165, 1.54) is 11.3 Å². The predicted molar refractivity (Wildman–Crippen MR) is 97.5 cm³/mol. The summed E-state index contributed by atoms with van der Waals surface area (Å²) in [5, 5.41) is 3.30. The van der Waals surface area contributed by atoms with Crippen LogP contribution in [0.5, 0.6) is 23.0 Å². The Hall–Kier alpha value is -3.00. The molecule has 1 atom stereocenters. The van der Waals surface area contributed by atoms with Gasteiger partial charge in [-0.15, -0.1) is 0 Å². The van der Waals surface area contributed by atoms with Gasteiger partial charge in [0.05, 0.1) is 17.3 Å². The summed E-state index contributed by atoms with van der Waals surface area (Å²) in [5.41, 5.74) is 0.801. The number of methoxy groups -OCH3 is 1. The molecular formula is C18H16N2O5S. The summed E-state index contributed by atoms with van der Waals surface area (Å²) < 4.78 is 22.4. The number of nitrogens with zero attached hydrogens (tertiary/aromatic N) is 1. The van der Waals surface area contributed by atoms with E-state index in [1.807, 2.05) is 18.2 Å². The topological polar surface area (TPSA) is 78.9 Å². The molecule has 1 unspecified atom stereocenters. The molecule has 0 saturated carbocycles. The smallest absolute Gasteiger partial charge is 0.266 e. The van der Waals surface area contributed by atoms with Crippen LogP contribution in [0.2, 0.25) is 0 Å². The number of amides is 1. The molecule has 2 heterocycles. The number of aromatic nitrogens is 1. The number of thiazole rings is 1. The van der Waals surface area contributed by atoms with E-state index in [0.29, 0.717) is 22.4 Å². The average molecular weight is 372 g/mol. The van der Waals surface area contributed by atoms with Crippen molar-refractivity contribution in [1.29, 1.82) is 0 Å². The van der Waals surface area contributed by atoms with Crippen molar-refractivity contribution in [3.05, 3.63) is 36.4 Å². The molecule has 1 aromatic heterocycles. The third-order valence-electron chi connectivity index (χ3n) is 3.85. The van der Waals surface area contributed by atoms with Crippen molar-refractivity contribution in [3.63, 3.8) is 0 Å². The highest BCUT2D eigenvalue weighted by atomic mass is 32.1. The normalized spacial score (nSPS) is 13.5. The van der Waals surface area contributed by atoms with Crippen LogP contribution in [0.15, 0.2) is 36.4 Å². The first kappa shape index (κ1) is 16.5. The molecule has 134 valence electrons. The fraction of sp³-hybridized carbons (Fsp3) is 0.222. The van der Waals surface area contributed by atoms with Gasteiger partial charge in [-0.25, -0.2) is 4.98 Å². The predicted octanol–water partition coefficient (Wildman–Crippen LogP) is 3.44. The highest BCUT2D eigenvalue weighted by molar-refractivity contribution is 7.22. The summed E-state index contributed by atoms with van der Waals surface area (Å²) in [6.45, 7) is 1.87. The molecule has 2 aromatic carbocycles. The van der Waals surface area contributed by atoms with E-state index in [4.69, 9.17) is 18.9 Å². The van der Waals surface area contributed by atoms with Gasteiger partial charge in [0.25, 0.3) is 5.91 Å². The number of anilines is 1. The maximum atomic E-state index is 12.4. The Labute approximate surface area is 153 Å². The van der Waals surface area contributed by atoms with Crippen LogP contribution in [0, 0.1) is 0 Å². The van der Waals surface area contributed by atoms with Gasteiger partial charge in [-0.3, -0.25) is 10.1 Å². The Morgan fingerprint density at radius 2 is 2.00 bits per heavy atom. The molecule has 4 rings (SSSR count). The van der Waals surface area contributed by atoms with E-state index in [-0.39, 0.29) is 12.7 Å². The van der Waals surface area contributed by atoms with Crippen LogP contribution in [-0.4, -0.2) is 30.9 Å². The van der Waals surface area contributed by atoms with Gasteiger partial charge < -0.3 is 18.9 Å². The van der Waals surface area contributed by atoms with Gasteiger partial charge in [0.1, 0.15) is 11.5 Å². The lowest BCUT2D eigenvalue weighted by molar-refractivity contribution is -0.122. The van der Waals surface area contributed by atoms with Gasteiger partial charge in [-0.05, 0) is 37.3 Å². The van der Waals surface area contributed by atoms with Crippen molar-refractivity contribution in [2.75, 3.05) is 19.2 Å². The van der Waals surface area contributed by atoms with Crippen LogP contribution in [-0.2, 0) is 4.79 Å². The molecule has 0 bridgehead atoms. The molecule has 1 aliphatic rings. The van der Waals surface area contributed by atoms with Crippen LogP contribution < -0.4 is 24.3 Å². The Morgan fingerprint density at radius 1 is 1.19 bits per heavy atom. The van der Waals surface area contributed by atoms with Gasteiger partial charge in [0.15, 0.2) is 22.7 Å². The Bertz CT molecular complexity index is 971. The fourth-order valence-corrected chi connectivity index (χ4v) is 3.40. The average Bonchev–Trinajstić information content (AvgIpc) is 3.26. The van der Waals surface area contributed by atoms with Gasteiger partial charge in [-0.2, -0.15) is 0 Å². The summed E-state index contributed by atoms with van der Waals surface area (Å²) >= 11 is 1.38. The SMILES string of the molecule is COc1ccc2nc(NC(=O)C(C)Oc3ccc4c(c3)OCO4)sc2c1. The second-order valence-corrected chi connectivity index (χ2v) is 6.65. The Kier molecular flexibility index (Phi) is 4.26. The molecule has 0 saturated heterocycles. The molecule has 0 fully saturated rings. The lowest BCUT2D eigenvalue weighted by atomic mass is 10.3. The lowest BCUT2D eigenvalue weighted by Gasteiger charge is -2.13. The molecular weight excluding hydrogens is 356 g/mol. The molecule has 0 aliphatic carbocycles. The number of hydrogen-bond donors (Lipinski definition) is 1. The lowest BCUT2D eigenvalue weighted by Crippen LogP contribution is -2.30. The van der Waals surface area contributed by atoms with Crippen molar-refractivity contribution in [1.82, 2.24) is 4.98 Å². The molecule has 0 spiro atoms. The van der Waals surface area contributed by atoms with E-state index >= 15 is 0 Å². The largest absolute Gasteiger partial charge is 0.497 e. The number of nitrogens with one attached hydrogen (secondary N) is 1. The maximum absolute atomic E-state index is 12.4. The first-order valence-corrected chi connectivity index (χ1v) is 8.76. The number of hydrogen-bond acceptors (Lipinski definition) is 7. The van der Waals surface area contributed by atoms with E-state index in [1.54, 1.807) is 32.2 Å². The molecule has 3 aromatic rings. The number of benzene rings is 2. The zero-order chi connectivity index (χ0) is 18.1. The summed E-state index contributed by atoms with van der Waals surface area (Å²) in [6.07, 6.45) is -0.697. The van der Waals surface area contributed by atoms with E-state index in [9.17, 15) is 4.79 Å². The standard InChI is InChI=1S/C18H16N2O5S/c1-10(25-12-4-6-14-15(7-12)24-9-23-14)17(21)20-18-19-13-5-3-11(22-2)8-16(13)26-18/h3-8,10H,9H2,1-2H3,(H,19,20,21). The van der Waals surface area contributed by atoms with Crippen molar-refractivity contribution in [2.24, 2.45) is 0 Å². The van der Waals surface area contributed by atoms with Gasteiger partial charge in [0, 0.05) is 6.07 Å². The second kappa shape index (κ2) is 6.72. The summed E-state index contributed by atoms with van der Waals surface area (Å²) in [4.78, 5) is 16.8. The van der Waals surface area contributed by atoms with E-state index in [0.717, 1.165) is 16.0 Å².